The van der Waals surface area contributed by atoms with Crippen molar-refractivity contribution in [1.29, 1.82) is 5.26 Å². The Balaban J connectivity index is 1.96. The molecule has 0 heterocycles. The number of rotatable bonds is 6. The van der Waals surface area contributed by atoms with Crippen molar-refractivity contribution >= 4 is 9.84 Å². The van der Waals surface area contributed by atoms with Crippen molar-refractivity contribution in [1.82, 2.24) is 0 Å². The van der Waals surface area contributed by atoms with E-state index in [1.54, 1.807) is 13.8 Å². The zero-order valence-electron chi connectivity index (χ0n) is 13.5. The van der Waals surface area contributed by atoms with Crippen LogP contribution in [0.15, 0.2) is 48.5 Å². The molecular formula is C19H21NO2S. The molecule has 23 heavy (non-hydrogen) atoms. The summed E-state index contributed by atoms with van der Waals surface area (Å²) in [5.74, 6) is 0.0978. The van der Waals surface area contributed by atoms with Crippen LogP contribution in [0.25, 0.3) is 0 Å². The number of nitriles is 1. The van der Waals surface area contributed by atoms with E-state index in [1.165, 1.54) is 11.1 Å². The van der Waals surface area contributed by atoms with Gasteiger partial charge in [0.05, 0.1) is 22.6 Å². The van der Waals surface area contributed by atoms with Gasteiger partial charge in [0.1, 0.15) is 0 Å². The van der Waals surface area contributed by atoms with E-state index in [4.69, 9.17) is 5.26 Å². The number of nitrogens with zero attached hydrogens (tertiary/aromatic N) is 1. The highest BCUT2D eigenvalue weighted by Gasteiger charge is 2.16. The Bertz CT molecular complexity index is 783. The molecule has 0 amide bonds. The van der Waals surface area contributed by atoms with Gasteiger partial charge in [-0.25, -0.2) is 8.42 Å². The van der Waals surface area contributed by atoms with Crippen molar-refractivity contribution < 1.29 is 8.42 Å². The van der Waals surface area contributed by atoms with Crippen LogP contribution in [0.1, 0.15) is 36.1 Å². The summed E-state index contributed by atoms with van der Waals surface area (Å²) in [6, 6.07) is 17.5. The van der Waals surface area contributed by atoms with Gasteiger partial charge in [-0.2, -0.15) is 5.26 Å². The van der Waals surface area contributed by atoms with Crippen LogP contribution in [-0.4, -0.2) is 13.7 Å². The van der Waals surface area contributed by atoms with E-state index in [-0.39, 0.29) is 11.0 Å². The first-order valence-corrected chi connectivity index (χ1v) is 9.40. The van der Waals surface area contributed by atoms with E-state index >= 15 is 0 Å². The van der Waals surface area contributed by atoms with Crippen LogP contribution >= 0.6 is 0 Å². The van der Waals surface area contributed by atoms with Gasteiger partial charge in [-0.15, -0.1) is 0 Å². The van der Waals surface area contributed by atoms with Crippen molar-refractivity contribution in [2.45, 2.75) is 37.7 Å². The fourth-order valence-corrected chi connectivity index (χ4v) is 3.23. The highest BCUT2D eigenvalue weighted by atomic mass is 32.2. The van der Waals surface area contributed by atoms with Crippen molar-refractivity contribution in [3.63, 3.8) is 0 Å². The van der Waals surface area contributed by atoms with Gasteiger partial charge in [-0.1, -0.05) is 36.4 Å². The standard InChI is InChI=1S/C19H21NO2S/c1-15(2)23(21,22)14-19-11-7-17(8-12-19)4-3-16-5-9-18(13-20)10-6-16/h5-12,15H,3-4,14H2,1-2H3. The molecule has 2 rings (SSSR count). The molecule has 0 radical (unpaired) electrons. The van der Waals surface area contributed by atoms with Crippen LogP contribution in [-0.2, 0) is 28.4 Å². The first-order chi connectivity index (χ1) is 10.9. The van der Waals surface area contributed by atoms with Gasteiger partial charge >= 0.3 is 0 Å². The lowest BCUT2D eigenvalue weighted by atomic mass is 10.0. The lowest BCUT2D eigenvalue weighted by molar-refractivity contribution is 0.586. The first kappa shape index (κ1) is 17.2. The maximum absolute atomic E-state index is 11.9. The monoisotopic (exact) mass is 327 g/mol. The molecule has 0 fully saturated rings. The molecule has 4 heteroatoms. The molecule has 0 unspecified atom stereocenters. The van der Waals surface area contributed by atoms with Gasteiger partial charge in [0.25, 0.3) is 0 Å². The zero-order valence-corrected chi connectivity index (χ0v) is 14.3. The highest BCUT2D eigenvalue weighted by molar-refractivity contribution is 7.91. The topological polar surface area (TPSA) is 57.9 Å². The molecule has 2 aromatic carbocycles. The second kappa shape index (κ2) is 7.43. The molecule has 120 valence electrons. The van der Waals surface area contributed by atoms with E-state index in [9.17, 15) is 8.42 Å². The molecular weight excluding hydrogens is 306 g/mol. The third-order valence-electron chi connectivity index (χ3n) is 3.89. The lowest BCUT2D eigenvalue weighted by Crippen LogP contribution is -2.15. The van der Waals surface area contributed by atoms with Crippen LogP contribution in [0.2, 0.25) is 0 Å². The highest BCUT2D eigenvalue weighted by Crippen LogP contribution is 2.14. The fraction of sp³-hybridized carbons (Fsp3) is 0.316. The second-order valence-electron chi connectivity index (χ2n) is 5.98. The summed E-state index contributed by atoms with van der Waals surface area (Å²) in [5.41, 5.74) is 3.88. The van der Waals surface area contributed by atoms with Crippen LogP contribution in [0.3, 0.4) is 0 Å². The smallest absolute Gasteiger partial charge is 0.156 e. The first-order valence-electron chi connectivity index (χ1n) is 7.69. The molecule has 0 saturated carbocycles. The molecule has 0 spiro atoms. The zero-order chi connectivity index (χ0) is 16.9. The van der Waals surface area contributed by atoms with E-state index in [0.717, 1.165) is 18.4 Å². The van der Waals surface area contributed by atoms with Crippen molar-refractivity contribution in [3.05, 3.63) is 70.8 Å². The predicted molar refractivity (Wildman–Crippen MR) is 92.8 cm³/mol. The summed E-state index contributed by atoms with van der Waals surface area (Å²) < 4.78 is 23.8. The minimum atomic E-state index is -3.05. The normalized spacial score (nSPS) is 11.4. The summed E-state index contributed by atoms with van der Waals surface area (Å²) in [6.07, 6.45) is 1.79. The molecule has 2 aromatic rings. The Morgan fingerprint density at radius 2 is 1.30 bits per heavy atom. The Kier molecular flexibility index (Phi) is 5.57. The summed E-state index contributed by atoms with van der Waals surface area (Å²) in [7, 11) is -3.05. The van der Waals surface area contributed by atoms with Gasteiger partial charge in [-0.3, -0.25) is 0 Å². The fourth-order valence-electron chi connectivity index (χ4n) is 2.24. The summed E-state index contributed by atoms with van der Waals surface area (Å²) in [5, 5.41) is 8.44. The van der Waals surface area contributed by atoms with Crippen molar-refractivity contribution in [3.8, 4) is 6.07 Å². The third-order valence-corrected chi connectivity index (χ3v) is 6.07. The molecule has 0 aliphatic heterocycles. The number of sulfone groups is 1. The molecule has 0 atom stereocenters. The van der Waals surface area contributed by atoms with Crippen LogP contribution < -0.4 is 0 Å². The maximum atomic E-state index is 11.9. The molecule has 0 saturated heterocycles. The van der Waals surface area contributed by atoms with Gasteiger partial charge in [0.2, 0.25) is 0 Å². The van der Waals surface area contributed by atoms with Crippen LogP contribution in [0.5, 0.6) is 0 Å². The molecule has 3 nitrogen and oxygen atoms in total. The molecule has 0 N–H and O–H groups in total. The van der Waals surface area contributed by atoms with E-state index < -0.39 is 9.84 Å². The summed E-state index contributed by atoms with van der Waals surface area (Å²) in [6.45, 7) is 3.42. The average molecular weight is 327 g/mol. The number of hydrogen-bond acceptors (Lipinski definition) is 3. The Hall–Kier alpha value is -2.12. The maximum Gasteiger partial charge on any atom is 0.156 e. The molecule has 0 bridgehead atoms. The third kappa shape index (κ3) is 4.94. The quantitative estimate of drug-likeness (QED) is 0.813. The van der Waals surface area contributed by atoms with Gasteiger partial charge < -0.3 is 0 Å². The number of benzene rings is 2. The van der Waals surface area contributed by atoms with Crippen LogP contribution in [0.4, 0.5) is 0 Å². The number of hydrogen-bond donors (Lipinski definition) is 0. The summed E-state index contributed by atoms with van der Waals surface area (Å²) >= 11 is 0. The lowest BCUT2D eigenvalue weighted by Gasteiger charge is -2.08. The van der Waals surface area contributed by atoms with Gasteiger partial charge in [0.15, 0.2) is 9.84 Å². The minimum Gasteiger partial charge on any atom is -0.228 e. The van der Waals surface area contributed by atoms with Crippen molar-refractivity contribution in [2.24, 2.45) is 0 Å². The second-order valence-corrected chi connectivity index (χ2v) is 8.54. The Morgan fingerprint density at radius 1 is 0.870 bits per heavy atom. The molecule has 0 aliphatic carbocycles. The molecule has 0 aromatic heterocycles. The van der Waals surface area contributed by atoms with Gasteiger partial charge in [0, 0.05) is 0 Å². The Morgan fingerprint density at radius 3 is 1.74 bits per heavy atom. The number of aryl methyl sites for hydroxylation is 2. The van der Waals surface area contributed by atoms with E-state index in [1.807, 2.05) is 48.5 Å². The Labute approximate surface area is 138 Å². The minimum absolute atomic E-state index is 0.0978. The SMILES string of the molecule is CC(C)S(=O)(=O)Cc1ccc(CCc2ccc(C#N)cc2)cc1. The van der Waals surface area contributed by atoms with Crippen LogP contribution in [0, 0.1) is 11.3 Å². The van der Waals surface area contributed by atoms with E-state index in [2.05, 4.69) is 6.07 Å². The van der Waals surface area contributed by atoms with Crippen molar-refractivity contribution in [2.75, 3.05) is 0 Å². The largest absolute Gasteiger partial charge is 0.228 e. The molecule has 0 aliphatic rings. The average Bonchev–Trinajstić information content (AvgIpc) is 2.54. The van der Waals surface area contributed by atoms with E-state index in [0.29, 0.717) is 5.56 Å². The van der Waals surface area contributed by atoms with Gasteiger partial charge in [-0.05, 0) is 55.5 Å². The predicted octanol–water partition coefficient (Wildman–Crippen LogP) is 3.67. The summed E-state index contributed by atoms with van der Waals surface area (Å²) in [4.78, 5) is 0.